The lowest BCUT2D eigenvalue weighted by molar-refractivity contribution is 0.0725. The van der Waals surface area contributed by atoms with E-state index in [2.05, 4.69) is 0 Å². The number of benzene rings is 8. The van der Waals surface area contributed by atoms with E-state index in [-0.39, 0.29) is 73.6 Å². The van der Waals surface area contributed by atoms with Gasteiger partial charge >= 0.3 is 11.9 Å². The first-order valence-corrected chi connectivity index (χ1v) is 22.9. The average Bonchev–Trinajstić information content (AvgIpc) is 3.82. The maximum absolute atomic E-state index is 14.1. The molecule has 0 unspecified atom stereocenters. The molecule has 8 aromatic rings. The molecule has 0 saturated heterocycles. The van der Waals surface area contributed by atoms with Crippen LogP contribution in [0.5, 0.6) is 11.5 Å². The summed E-state index contributed by atoms with van der Waals surface area (Å²) in [5.74, 6) is -4.36. The highest BCUT2D eigenvalue weighted by Crippen LogP contribution is 2.51. The van der Waals surface area contributed by atoms with Crippen LogP contribution >= 0.6 is 0 Å². The largest absolute Gasteiger partial charge is 0.423 e. The lowest BCUT2D eigenvalue weighted by Crippen LogP contribution is -2.38. The summed E-state index contributed by atoms with van der Waals surface area (Å²) in [5, 5.41) is 0. The van der Waals surface area contributed by atoms with Crippen molar-refractivity contribution in [3.63, 3.8) is 0 Å². The molecule has 0 fully saturated rings. The van der Waals surface area contributed by atoms with E-state index in [0.717, 1.165) is 9.80 Å². The second-order valence-electron chi connectivity index (χ2n) is 17.6. The number of imide groups is 2. The number of rotatable bonds is 10. The Labute approximate surface area is 415 Å². The van der Waals surface area contributed by atoms with Crippen LogP contribution in [0.4, 0.5) is 11.4 Å². The minimum atomic E-state index is -1.14. The molecule has 1 aliphatic carbocycles. The second kappa shape index (κ2) is 17.4. The Morgan fingerprint density at radius 2 is 0.753 bits per heavy atom. The summed E-state index contributed by atoms with van der Waals surface area (Å²) in [7, 11) is 0. The van der Waals surface area contributed by atoms with Gasteiger partial charge in [0.05, 0.1) is 50.2 Å². The minimum Gasteiger partial charge on any atom is -0.423 e. The molecule has 0 aromatic heterocycles. The van der Waals surface area contributed by atoms with Crippen molar-refractivity contribution in [2.45, 2.75) is 19.3 Å². The smallest absolute Gasteiger partial charge is 0.343 e. The van der Waals surface area contributed by atoms with Gasteiger partial charge in [-0.25, -0.2) is 19.4 Å². The van der Waals surface area contributed by atoms with Gasteiger partial charge in [0.1, 0.15) is 11.5 Å². The number of nitrogens with zero attached hydrogens (tertiary/aromatic N) is 2. The summed E-state index contributed by atoms with van der Waals surface area (Å²) < 4.78 is 11.7. The van der Waals surface area contributed by atoms with Crippen LogP contribution in [-0.2, 0) is 5.41 Å². The number of Topliss-reactive ketones (excluding diaryl/α,β-unsaturated/α-hetero) is 2. The zero-order chi connectivity index (χ0) is 50.9. The standard InChI is InChI=1S/C60H36N2O11/c1-33(63)35-9-7-11-41(29-35)61-54(66)45-27-17-37(31-49(45)56(61)68)58(70)72-43-23-19-39(20-24-43)60(51-15-5-3-13-47(51)53(65)48-14-4-6-16-52(48)60)40-21-25-44(26-22-40)73-59(71)38-18-28-46-50(32-38)57(69)62(55(46)67)42-12-8-10-36(30-42)34(2)64/h3-32H,1-2H3. The zero-order valence-corrected chi connectivity index (χ0v) is 38.7. The third-order valence-corrected chi connectivity index (χ3v) is 13.4. The first-order valence-electron chi connectivity index (χ1n) is 22.9. The van der Waals surface area contributed by atoms with Crippen LogP contribution in [0.1, 0.15) is 135 Å². The lowest BCUT2D eigenvalue weighted by atomic mass is 9.59. The molecule has 0 N–H and O–H groups in total. The van der Waals surface area contributed by atoms with E-state index < -0.39 is 41.0 Å². The molecule has 13 heteroatoms. The fraction of sp³-hybridized carbons (Fsp3) is 0.0500. The maximum atomic E-state index is 14.1. The molecule has 2 heterocycles. The number of esters is 2. The van der Waals surface area contributed by atoms with Gasteiger partial charge in [0.15, 0.2) is 17.3 Å². The van der Waals surface area contributed by atoms with Gasteiger partial charge in [-0.05, 0) is 121 Å². The molecule has 13 nitrogen and oxygen atoms in total. The van der Waals surface area contributed by atoms with Crippen LogP contribution in [0.25, 0.3) is 0 Å². The molecule has 8 aromatic carbocycles. The summed E-state index contributed by atoms with van der Waals surface area (Å²) >= 11 is 0. The van der Waals surface area contributed by atoms with E-state index in [1.807, 2.05) is 24.3 Å². The van der Waals surface area contributed by atoms with Crippen LogP contribution in [0.15, 0.2) is 182 Å². The molecule has 2 aliphatic heterocycles. The molecule has 0 bridgehead atoms. The van der Waals surface area contributed by atoms with Crippen LogP contribution in [0, 0.1) is 0 Å². The van der Waals surface area contributed by atoms with E-state index >= 15 is 0 Å². The molecule has 11 rings (SSSR count). The Bertz CT molecular complexity index is 3550. The van der Waals surface area contributed by atoms with Crippen molar-refractivity contribution >= 4 is 64.3 Å². The zero-order valence-electron chi connectivity index (χ0n) is 38.7. The van der Waals surface area contributed by atoms with Gasteiger partial charge in [-0.2, -0.15) is 0 Å². The van der Waals surface area contributed by atoms with Gasteiger partial charge in [-0.3, -0.25) is 33.6 Å². The first kappa shape index (κ1) is 45.4. The fourth-order valence-corrected chi connectivity index (χ4v) is 9.91. The maximum Gasteiger partial charge on any atom is 0.343 e. The van der Waals surface area contributed by atoms with E-state index in [0.29, 0.717) is 44.5 Å². The van der Waals surface area contributed by atoms with Crippen molar-refractivity contribution < 1.29 is 52.6 Å². The molecule has 352 valence electrons. The fourth-order valence-electron chi connectivity index (χ4n) is 9.91. The lowest BCUT2D eigenvalue weighted by Gasteiger charge is -2.41. The highest BCUT2D eigenvalue weighted by Gasteiger charge is 2.46. The monoisotopic (exact) mass is 960 g/mol. The van der Waals surface area contributed by atoms with Gasteiger partial charge < -0.3 is 9.47 Å². The molecule has 4 amide bonds. The average molecular weight is 961 g/mol. The quantitative estimate of drug-likeness (QED) is 0.0551. The second-order valence-corrected chi connectivity index (χ2v) is 17.6. The van der Waals surface area contributed by atoms with Crippen molar-refractivity contribution in [2.24, 2.45) is 0 Å². The Kier molecular flexibility index (Phi) is 10.9. The Morgan fingerprint density at radius 1 is 0.370 bits per heavy atom. The third kappa shape index (κ3) is 7.37. The van der Waals surface area contributed by atoms with Crippen molar-refractivity contribution in [3.05, 3.63) is 260 Å². The Balaban J connectivity index is 0.883. The number of amides is 4. The van der Waals surface area contributed by atoms with Crippen LogP contribution in [-0.4, -0.2) is 52.9 Å². The SMILES string of the molecule is CC(=O)c1cccc(N2C(=O)c3ccc(C(=O)Oc4ccc(C5(c6ccc(OC(=O)c7ccc8c(c7)C(=O)N(c7cccc(C(C)=O)c7)C8=O)cc6)c6ccccc6C(=O)c6ccccc65)cc4)cc3C2=O)c1. The predicted molar refractivity (Wildman–Crippen MR) is 266 cm³/mol. The van der Waals surface area contributed by atoms with E-state index in [1.165, 1.54) is 62.4 Å². The number of ketones is 3. The number of ether oxygens (including phenoxy) is 2. The highest BCUT2D eigenvalue weighted by atomic mass is 16.5. The Hall–Kier alpha value is -10.0. The number of anilines is 2. The summed E-state index contributed by atoms with van der Waals surface area (Å²) in [6.45, 7) is 2.77. The van der Waals surface area contributed by atoms with Crippen molar-refractivity contribution in [2.75, 3.05) is 9.80 Å². The molecular weight excluding hydrogens is 925 g/mol. The normalized spacial score (nSPS) is 14.0. The number of hydrogen-bond donors (Lipinski definition) is 0. The van der Waals surface area contributed by atoms with Gasteiger partial charge in [0.2, 0.25) is 0 Å². The number of carbonyl (C=O) groups is 9. The summed E-state index contributed by atoms with van der Waals surface area (Å²) in [6, 6.07) is 48.8. The summed E-state index contributed by atoms with van der Waals surface area (Å²) in [4.78, 5) is 121. The van der Waals surface area contributed by atoms with Gasteiger partial charge in [-0.15, -0.1) is 0 Å². The van der Waals surface area contributed by atoms with Crippen molar-refractivity contribution in [1.29, 1.82) is 0 Å². The molecular formula is C60H36N2O11. The molecule has 0 spiro atoms. The predicted octanol–water partition coefficient (Wildman–Crippen LogP) is 10.1. The van der Waals surface area contributed by atoms with E-state index in [4.69, 9.17) is 9.47 Å². The summed E-state index contributed by atoms with van der Waals surface area (Å²) in [6.07, 6.45) is 0. The molecule has 73 heavy (non-hydrogen) atoms. The first-order chi connectivity index (χ1) is 35.2. The van der Waals surface area contributed by atoms with Crippen molar-refractivity contribution in [3.8, 4) is 11.5 Å². The molecule has 0 atom stereocenters. The number of carbonyl (C=O) groups excluding carboxylic acids is 9. The Morgan fingerprint density at radius 3 is 1.15 bits per heavy atom. The van der Waals surface area contributed by atoms with Gasteiger partial charge in [0, 0.05) is 22.3 Å². The summed E-state index contributed by atoms with van der Waals surface area (Å²) in [5.41, 5.74) is 3.90. The highest BCUT2D eigenvalue weighted by molar-refractivity contribution is 6.36. The molecule has 0 radical (unpaired) electrons. The van der Waals surface area contributed by atoms with E-state index in [1.54, 1.807) is 109 Å². The van der Waals surface area contributed by atoms with Crippen molar-refractivity contribution in [1.82, 2.24) is 0 Å². The molecule has 3 aliphatic rings. The van der Waals surface area contributed by atoms with E-state index in [9.17, 15) is 43.2 Å². The topological polar surface area (TPSA) is 179 Å². The number of fused-ring (bicyclic) bond motifs is 4. The number of hydrogen-bond acceptors (Lipinski definition) is 11. The third-order valence-electron chi connectivity index (χ3n) is 13.4. The van der Waals surface area contributed by atoms with Gasteiger partial charge in [0.25, 0.3) is 23.6 Å². The minimum absolute atomic E-state index is 0.00879. The molecule has 0 saturated carbocycles. The van der Waals surface area contributed by atoms with Crippen LogP contribution in [0.2, 0.25) is 0 Å². The van der Waals surface area contributed by atoms with Crippen LogP contribution < -0.4 is 19.3 Å². The van der Waals surface area contributed by atoms with Crippen LogP contribution in [0.3, 0.4) is 0 Å². The van der Waals surface area contributed by atoms with Gasteiger partial charge in [-0.1, -0.05) is 97.1 Å².